The number of amides is 1. The summed E-state index contributed by atoms with van der Waals surface area (Å²) in [5.74, 6) is 0. The average Bonchev–Trinajstić information content (AvgIpc) is 2.14. The van der Waals surface area contributed by atoms with Gasteiger partial charge in [-0.05, 0) is 39.0 Å². The van der Waals surface area contributed by atoms with Gasteiger partial charge in [0.1, 0.15) is 13.4 Å². The molecule has 0 unspecified atom stereocenters. The van der Waals surface area contributed by atoms with Crippen molar-refractivity contribution < 1.29 is 9.53 Å². The Bertz CT molecular complexity index is 432. The molecule has 0 spiro atoms. The summed E-state index contributed by atoms with van der Waals surface area (Å²) in [6.07, 6.45) is -0.675. The van der Waals surface area contributed by atoms with Crippen molar-refractivity contribution in [3.8, 4) is 0 Å². The highest BCUT2D eigenvalue weighted by Crippen LogP contribution is 2.16. The predicted octanol–water partition coefficient (Wildman–Crippen LogP) is 1.96. The minimum atomic E-state index is -0.675. The van der Waals surface area contributed by atoms with Gasteiger partial charge in [0.15, 0.2) is 0 Å². The van der Waals surface area contributed by atoms with Gasteiger partial charge in [-0.25, -0.2) is 4.79 Å². The van der Waals surface area contributed by atoms with Crippen molar-refractivity contribution in [2.75, 3.05) is 4.81 Å². The lowest BCUT2D eigenvalue weighted by Gasteiger charge is -2.26. The predicted molar refractivity (Wildman–Crippen MR) is 71.3 cm³/mol. The highest BCUT2D eigenvalue weighted by molar-refractivity contribution is 6.42. The molecule has 0 saturated carbocycles. The first-order valence-electron chi connectivity index (χ1n) is 5.03. The maximum absolute atomic E-state index is 11.7. The number of benzene rings is 1. The molecule has 17 heavy (non-hydrogen) atoms. The van der Waals surface area contributed by atoms with Gasteiger partial charge < -0.3 is 9.55 Å². The Hall–Kier alpha value is -1.09. The molecule has 0 N–H and O–H groups in total. The van der Waals surface area contributed by atoms with Crippen LogP contribution in [0.2, 0.25) is 5.02 Å². The van der Waals surface area contributed by atoms with Crippen LogP contribution in [0.4, 0.5) is 10.5 Å². The van der Waals surface area contributed by atoms with Crippen LogP contribution in [0.15, 0.2) is 18.2 Å². The Morgan fingerprint density at radius 3 is 2.47 bits per heavy atom. The van der Waals surface area contributed by atoms with Gasteiger partial charge in [-0.1, -0.05) is 17.1 Å². The van der Waals surface area contributed by atoms with Crippen molar-refractivity contribution in [1.29, 1.82) is 0 Å². The first-order valence-corrected chi connectivity index (χ1v) is 5.41. The number of hydrogen-bond donors (Lipinski definition) is 0. The standard InChI is InChI=1S/C11H12B2ClNO2/c1-11(2,3)17-10(16)15(13)9-5-4-7(14)6-8(9)12/h4-6H,1-3H3. The molecule has 0 fully saturated rings. The minimum Gasteiger partial charge on any atom is -0.444 e. The van der Waals surface area contributed by atoms with E-state index >= 15 is 0 Å². The number of rotatable bonds is 1. The second kappa shape index (κ2) is 5.05. The molecule has 1 rings (SSSR count). The zero-order chi connectivity index (χ0) is 13.2. The van der Waals surface area contributed by atoms with E-state index in [4.69, 9.17) is 32.2 Å². The Morgan fingerprint density at radius 2 is 2.00 bits per heavy atom. The molecule has 0 aliphatic rings. The number of carbonyl (C=O) groups is 1. The highest BCUT2D eigenvalue weighted by atomic mass is 35.5. The molecule has 1 aromatic carbocycles. The molecule has 0 saturated heterocycles. The fourth-order valence-corrected chi connectivity index (χ4v) is 1.33. The summed E-state index contributed by atoms with van der Waals surface area (Å²) in [6, 6.07) is 4.67. The maximum Gasteiger partial charge on any atom is 0.401 e. The third-order valence-corrected chi connectivity index (χ3v) is 2.07. The third-order valence-electron chi connectivity index (χ3n) is 1.84. The van der Waals surface area contributed by atoms with Gasteiger partial charge in [0.2, 0.25) is 7.98 Å². The Balaban J connectivity index is 2.89. The summed E-state index contributed by atoms with van der Waals surface area (Å²) in [4.78, 5) is 12.5. The molecule has 0 aliphatic carbocycles. The fourth-order valence-electron chi connectivity index (χ4n) is 1.15. The molecule has 0 aliphatic heterocycles. The molecule has 3 nitrogen and oxygen atoms in total. The number of hydrogen-bond acceptors (Lipinski definition) is 2. The molecule has 4 radical (unpaired) electrons. The number of halogens is 1. The van der Waals surface area contributed by atoms with Gasteiger partial charge in [0.05, 0.1) is 0 Å². The molecule has 0 aromatic heterocycles. The van der Waals surface area contributed by atoms with Crippen LogP contribution in [-0.4, -0.2) is 27.5 Å². The molecule has 0 bridgehead atoms. The van der Waals surface area contributed by atoms with Crippen molar-refractivity contribution in [3.63, 3.8) is 0 Å². The zero-order valence-corrected chi connectivity index (χ0v) is 10.8. The topological polar surface area (TPSA) is 29.5 Å². The summed E-state index contributed by atoms with van der Waals surface area (Å²) in [5, 5.41) is 0.476. The number of nitrogens with zero attached hydrogens (tertiary/aromatic N) is 1. The zero-order valence-electron chi connectivity index (χ0n) is 10.0. The molecule has 1 amide bonds. The monoisotopic (exact) mass is 247 g/mol. The van der Waals surface area contributed by atoms with E-state index in [9.17, 15) is 4.79 Å². The van der Waals surface area contributed by atoms with Crippen molar-refractivity contribution in [3.05, 3.63) is 23.2 Å². The molecule has 1 aromatic rings. The quantitative estimate of drug-likeness (QED) is 0.710. The van der Waals surface area contributed by atoms with Crippen molar-refractivity contribution in [2.45, 2.75) is 26.4 Å². The summed E-state index contributed by atoms with van der Waals surface area (Å²) in [6.45, 7) is 5.26. The lowest BCUT2D eigenvalue weighted by Crippen LogP contribution is -2.37. The SMILES string of the molecule is [B]c1cc(Cl)ccc1N([B])C(=O)OC(C)(C)C. The second-order valence-corrected chi connectivity index (χ2v) is 4.99. The van der Waals surface area contributed by atoms with Gasteiger partial charge in [-0.15, -0.1) is 0 Å². The minimum absolute atomic E-state index is 0.311. The highest BCUT2D eigenvalue weighted by Gasteiger charge is 2.20. The number of anilines is 1. The summed E-state index contributed by atoms with van der Waals surface area (Å²) >= 11 is 5.75. The first kappa shape index (κ1) is 14.0. The molecular formula is C11H12B2ClNO2. The van der Waals surface area contributed by atoms with Crippen LogP contribution >= 0.6 is 11.6 Å². The number of ether oxygens (including phenoxy) is 1. The van der Waals surface area contributed by atoms with E-state index in [1.165, 1.54) is 6.07 Å². The van der Waals surface area contributed by atoms with E-state index in [1.807, 2.05) is 0 Å². The Labute approximate surface area is 109 Å². The summed E-state index contributed by atoms with van der Waals surface area (Å²) in [5.41, 5.74) is 0.0464. The van der Waals surface area contributed by atoms with Crippen LogP contribution in [-0.2, 0) is 4.74 Å². The van der Waals surface area contributed by atoms with E-state index < -0.39 is 11.7 Å². The normalized spacial score (nSPS) is 11.1. The van der Waals surface area contributed by atoms with Gasteiger partial charge in [-0.3, -0.25) is 0 Å². The first-order chi connectivity index (χ1) is 7.70. The fraction of sp³-hybridized carbons (Fsp3) is 0.364. The number of carbonyl (C=O) groups excluding carboxylic acids is 1. The van der Waals surface area contributed by atoms with Crippen molar-refractivity contribution in [1.82, 2.24) is 0 Å². The van der Waals surface area contributed by atoms with E-state index in [2.05, 4.69) is 0 Å². The molecule has 86 valence electrons. The maximum atomic E-state index is 11.7. The van der Waals surface area contributed by atoms with Gasteiger partial charge in [0, 0.05) is 10.7 Å². The molecule has 0 atom stereocenters. The lowest BCUT2D eigenvalue weighted by molar-refractivity contribution is 0.0609. The summed E-state index contributed by atoms with van der Waals surface area (Å²) < 4.78 is 5.11. The van der Waals surface area contributed by atoms with E-state index in [1.54, 1.807) is 32.9 Å². The Kier molecular flexibility index (Phi) is 4.15. The molecule has 6 heteroatoms. The van der Waals surface area contributed by atoms with Crippen LogP contribution < -0.4 is 10.3 Å². The smallest absolute Gasteiger partial charge is 0.401 e. The molecular weight excluding hydrogens is 235 g/mol. The largest absolute Gasteiger partial charge is 0.444 e. The lowest BCUT2D eigenvalue weighted by atomic mass is 9.92. The van der Waals surface area contributed by atoms with Crippen LogP contribution in [0.3, 0.4) is 0 Å². The van der Waals surface area contributed by atoms with Crippen LogP contribution in [0.25, 0.3) is 0 Å². The molecule has 0 heterocycles. The van der Waals surface area contributed by atoms with Crippen molar-refractivity contribution in [2.24, 2.45) is 0 Å². The van der Waals surface area contributed by atoms with Gasteiger partial charge in [-0.2, -0.15) is 0 Å². The van der Waals surface area contributed by atoms with E-state index in [0.29, 0.717) is 16.2 Å². The Morgan fingerprint density at radius 1 is 1.41 bits per heavy atom. The van der Waals surface area contributed by atoms with Crippen LogP contribution in [0.1, 0.15) is 20.8 Å². The van der Waals surface area contributed by atoms with Gasteiger partial charge >= 0.3 is 6.09 Å². The third kappa shape index (κ3) is 4.00. The van der Waals surface area contributed by atoms with E-state index in [0.717, 1.165) is 4.81 Å². The summed E-state index contributed by atoms with van der Waals surface area (Å²) in [7, 11) is 11.3. The van der Waals surface area contributed by atoms with Gasteiger partial charge in [0.25, 0.3) is 0 Å². The van der Waals surface area contributed by atoms with Crippen molar-refractivity contribution >= 4 is 44.7 Å². The van der Waals surface area contributed by atoms with Crippen LogP contribution in [0.5, 0.6) is 0 Å². The van der Waals surface area contributed by atoms with E-state index in [-0.39, 0.29) is 0 Å². The average molecular weight is 247 g/mol. The van der Waals surface area contributed by atoms with Crippen LogP contribution in [0, 0.1) is 0 Å². The second-order valence-electron chi connectivity index (χ2n) is 4.55.